The van der Waals surface area contributed by atoms with E-state index in [0.29, 0.717) is 0 Å². The van der Waals surface area contributed by atoms with Gasteiger partial charge in [-0.1, -0.05) is 51.4 Å². The molecule has 0 aromatic heterocycles. The van der Waals surface area contributed by atoms with Crippen molar-refractivity contribution >= 4 is 5.91 Å². The van der Waals surface area contributed by atoms with E-state index in [9.17, 15) is 31.1 Å². The third-order valence-corrected chi connectivity index (χ3v) is 10.7. The van der Waals surface area contributed by atoms with Gasteiger partial charge in [0.25, 0.3) is 0 Å². The fourth-order valence-electron chi connectivity index (χ4n) is 8.13. The third-order valence-electron chi connectivity index (χ3n) is 10.7. The SMILES string of the molecule is CN(CCC1CC(C(F)(F)F)CC(C(F)(F)F)C1)C(=O)C(C1CCCCC1)N1CCN(CCC2CCCCC2)CC1. The van der Waals surface area contributed by atoms with Crippen LogP contribution in [-0.2, 0) is 4.79 Å². The van der Waals surface area contributed by atoms with E-state index in [1.807, 2.05) is 0 Å². The molecule has 0 radical (unpaired) electrons. The van der Waals surface area contributed by atoms with Crippen LogP contribution in [0.3, 0.4) is 0 Å². The minimum absolute atomic E-state index is 0.0110. The predicted octanol–water partition coefficient (Wildman–Crippen LogP) is 7.53. The van der Waals surface area contributed by atoms with Gasteiger partial charge in [0.15, 0.2) is 0 Å². The molecule has 4 fully saturated rings. The molecule has 10 heteroatoms. The van der Waals surface area contributed by atoms with Crippen LogP contribution >= 0.6 is 0 Å². The maximum atomic E-state index is 13.9. The van der Waals surface area contributed by atoms with Crippen LogP contribution in [0.2, 0.25) is 0 Å². The van der Waals surface area contributed by atoms with Crippen molar-refractivity contribution in [3.05, 3.63) is 0 Å². The molecule has 3 atom stereocenters. The average molecular weight is 596 g/mol. The molecule has 3 unspecified atom stereocenters. The molecule has 0 N–H and O–H groups in total. The number of alkyl halides is 6. The smallest absolute Gasteiger partial charge is 0.344 e. The molecule has 3 aliphatic carbocycles. The Morgan fingerprint density at radius 2 is 1.27 bits per heavy atom. The lowest BCUT2D eigenvalue weighted by Gasteiger charge is -2.44. The van der Waals surface area contributed by atoms with Gasteiger partial charge in [-0.15, -0.1) is 0 Å². The van der Waals surface area contributed by atoms with Crippen LogP contribution in [0.25, 0.3) is 0 Å². The van der Waals surface area contributed by atoms with Crippen LogP contribution in [0.4, 0.5) is 26.3 Å². The van der Waals surface area contributed by atoms with Crippen molar-refractivity contribution in [2.24, 2.45) is 29.6 Å². The lowest BCUT2D eigenvalue weighted by atomic mass is 9.73. The normalized spacial score (nSPS) is 29.4. The number of hydrogen-bond donors (Lipinski definition) is 0. The van der Waals surface area contributed by atoms with Crippen molar-refractivity contribution in [2.75, 3.05) is 46.3 Å². The molecule has 238 valence electrons. The Bertz CT molecular complexity index is 779. The number of likely N-dealkylation sites (N-methyl/N-ethyl adjacent to an activating group) is 1. The van der Waals surface area contributed by atoms with Crippen LogP contribution in [0.15, 0.2) is 0 Å². The average Bonchev–Trinajstić information content (AvgIpc) is 2.95. The van der Waals surface area contributed by atoms with Crippen molar-refractivity contribution in [3.63, 3.8) is 0 Å². The molecular weight excluding hydrogens is 544 g/mol. The van der Waals surface area contributed by atoms with Gasteiger partial charge in [-0.25, -0.2) is 0 Å². The standard InChI is InChI=1S/C31H51F6N3O/c1-38(14-12-24-20-26(30(32,33)34)22-27(21-24)31(35,36)37)29(41)28(25-10-6-3-7-11-25)40-18-16-39(17-19-40)15-13-23-8-4-2-5-9-23/h23-28H,2-22H2,1H3. The van der Waals surface area contributed by atoms with Crippen molar-refractivity contribution in [1.82, 2.24) is 14.7 Å². The van der Waals surface area contributed by atoms with Crippen molar-refractivity contribution in [2.45, 2.75) is 115 Å². The van der Waals surface area contributed by atoms with E-state index >= 15 is 0 Å². The molecule has 4 rings (SSSR count). The fraction of sp³-hybridized carbons (Fsp3) is 0.968. The molecule has 0 aromatic carbocycles. The summed E-state index contributed by atoms with van der Waals surface area (Å²) < 4.78 is 80.7. The molecule has 1 amide bonds. The molecule has 4 aliphatic rings. The van der Waals surface area contributed by atoms with E-state index in [0.717, 1.165) is 64.3 Å². The highest BCUT2D eigenvalue weighted by Crippen LogP contribution is 2.48. The molecule has 3 saturated carbocycles. The van der Waals surface area contributed by atoms with Gasteiger partial charge >= 0.3 is 12.4 Å². The molecule has 0 spiro atoms. The topological polar surface area (TPSA) is 26.8 Å². The minimum Gasteiger partial charge on any atom is -0.344 e. The van der Waals surface area contributed by atoms with Gasteiger partial charge in [-0.05, 0) is 69.2 Å². The van der Waals surface area contributed by atoms with Crippen LogP contribution in [0.1, 0.15) is 96.3 Å². The zero-order valence-electron chi connectivity index (χ0n) is 24.8. The monoisotopic (exact) mass is 595 g/mol. The number of carbonyl (C=O) groups is 1. The molecule has 0 aromatic rings. The second-order valence-corrected chi connectivity index (χ2v) is 13.6. The lowest BCUT2D eigenvalue weighted by Crippen LogP contribution is -2.58. The van der Waals surface area contributed by atoms with Crippen LogP contribution in [-0.4, -0.2) is 85.3 Å². The van der Waals surface area contributed by atoms with Gasteiger partial charge in [-0.2, -0.15) is 26.3 Å². The maximum absolute atomic E-state index is 13.9. The van der Waals surface area contributed by atoms with Crippen molar-refractivity contribution in [3.8, 4) is 0 Å². The van der Waals surface area contributed by atoms with E-state index in [1.165, 1.54) is 44.9 Å². The number of halogens is 6. The second kappa shape index (κ2) is 14.6. The first-order valence-corrected chi connectivity index (χ1v) is 16.3. The predicted molar refractivity (Wildman–Crippen MR) is 148 cm³/mol. The first kappa shape index (κ1) is 32.9. The van der Waals surface area contributed by atoms with Crippen molar-refractivity contribution < 1.29 is 31.1 Å². The quantitative estimate of drug-likeness (QED) is 0.258. The Morgan fingerprint density at radius 1 is 0.732 bits per heavy atom. The summed E-state index contributed by atoms with van der Waals surface area (Å²) in [5.74, 6) is -3.47. The molecule has 41 heavy (non-hydrogen) atoms. The first-order chi connectivity index (χ1) is 19.4. The number of carbonyl (C=O) groups excluding carboxylic acids is 1. The van der Waals surface area contributed by atoms with Crippen LogP contribution < -0.4 is 0 Å². The summed E-state index contributed by atoms with van der Waals surface area (Å²) in [4.78, 5) is 20.3. The summed E-state index contributed by atoms with van der Waals surface area (Å²) in [6, 6.07) is -0.252. The van der Waals surface area contributed by atoms with Gasteiger partial charge in [0.05, 0.1) is 17.9 Å². The van der Waals surface area contributed by atoms with Crippen LogP contribution in [0.5, 0.6) is 0 Å². The van der Waals surface area contributed by atoms with Gasteiger partial charge in [0.2, 0.25) is 5.91 Å². The number of piperazine rings is 1. The Kier molecular flexibility index (Phi) is 11.7. The summed E-state index contributed by atoms with van der Waals surface area (Å²) in [6.07, 6.45) is 2.83. The maximum Gasteiger partial charge on any atom is 0.391 e. The molecule has 4 nitrogen and oxygen atoms in total. The Hall–Kier alpha value is -1.03. The molecular formula is C31H51F6N3O. The van der Waals surface area contributed by atoms with Gasteiger partial charge in [-0.3, -0.25) is 9.69 Å². The highest BCUT2D eigenvalue weighted by molar-refractivity contribution is 5.82. The Morgan fingerprint density at radius 3 is 1.80 bits per heavy atom. The summed E-state index contributed by atoms with van der Waals surface area (Å²) in [5, 5.41) is 0. The van der Waals surface area contributed by atoms with Gasteiger partial charge in [0, 0.05) is 39.8 Å². The van der Waals surface area contributed by atoms with E-state index in [4.69, 9.17) is 0 Å². The third kappa shape index (κ3) is 9.48. The van der Waals surface area contributed by atoms with E-state index in [2.05, 4.69) is 9.80 Å². The highest BCUT2D eigenvalue weighted by atomic mass is 19.4. The van der Waals surface area contributed by atoms with Crippen molar-refractivity contribution in [1.29, 1.82) is 0 Å². The summed E-state index contributed by atoms with van der Waals surface area (Å²) >= 11 is 0. The number of hydrogen-bond acceptors (Lipinski definition) is 3. The Labute approximate surface area is 242 Å². The Balaban J connectivity index is 1.33. The molecule has 1 aliphatic heterocycles. The largest absolute Gasteiger partial charge is 0.391 e. The molecule has 0 bridgehead atoms. The van der Waals surface area contributed by atoms with E-state index in [-0.39, 0.29) is 43.7 Å². The number of rotatable bonds is 9. The minimum atomic E-state index is -4.63. The summed E-state index contributed by atoms with van der Waals surface area (Å²) in [6.45, 7) is 4.84. The first-order valence-electron chi connectivity index (χ1n) is 16.3. The molecule has 1 heterocycles. The second-order valence-electron chi connectivity index (χ2n) is 13.6. The van der Waals surface area contributed by atoms with E-state index < -0.39 is 36.5 Å². The summed E-state index contributed by atoms with van der Waals surface area (Å²) in [7, 11) is 1.68. The number of amides is 1. The van der Waals surface area contributed by atoms with Crippen LogP contribution in [0, 0.1) is 29.6 Å². The fourth-order valence-corrected chi connectivity index (χ4v) is 8.13. The number of nitrogens with zero attached hydrogens (tertiary/aromatic N) is 3. The zero-order chi connectivity index (χ0) is 29.6. The van der Waals surface area contributed by atoms with E-state index in [1.54, 1.807) is 11.9 Å². The molecule has 1 saturated heterocycles. The highest BCUT2D eigenvalue weighted by Gasteiger charge is 2.51. The lowest BCUT2D eigenvalue weighted by molar-refractivity contribution is -0.229. The zero-order valence-corrected chi connectivity index (χ0v) is 24.8. The summed E-state index contributed by atoms with van der Waals surface area (Å²) in [5.41, 5.74) is 0. The van der Waals surface area contributed by atoms with Gasteiger partial charge < -0.3 is 9.80 Å². The van der Waals surface area contributed by atoms with Gasteiger partial charge in [0.1, 0.15) is 0 Å².